The van der Waals surface area contributed by atoms with E-state index in [1.54, 1.807) is 0 Å². The zero-order valence-corrected chi connectivity index (χ0v) is 11.0. The molecule has 0 saturated heterocycles. The molecular formula is C15H15N3O3. The normalized spacial score (nSPS) is 25.3. The van der Waals surface area contributed by atoms with E-state index in [-0.39, 0.29) is 40.9 Å². The maximum absolute atomic E-state index is 12.9. The average Bonchev–Trinajstić information content (AvgIpc) is 2.56. The second kappa shape index (κ2) is 4.80. The van der Waals surface area contributed by atoms with Crippen LogP contribution in [-0.2, 0) is 9.59 Å². The van der Waals surface area contributed by atoms with Gasteiger partial charge in [0.2, 0.25) is 0 Å². The van der Waals surface area contributed by atoms with Gasteiger partial charge in [0.1, 0.15) is 11.6 Å². The van der Waals surface area contributed by atoms with Gasteiger partial charge in [-0.25, -0.2) is 4.98 Å². The summed E-state index contributed by atoms with van der Waals surface area (Å²) < 4.78 is 31.8. The van der Waals surface area contributed by atoms with Crippen molar-refractivity contribution in [3.05, 3.63) is 34.3 Å². The summed E-state index contributed by atoms with van der Waals surface area (Å²) in [7, 11) is 0. The topological polar surface area (TPSA) is 95.0 Å². The third kappa shape index (κ3) is 2.12. The lowest BCUT2D eigenvalue weighted by Crippen LogP contribution is -2.36. The molecule has 0 aliphatic heterocycles. The Kier molecular flexibility index (Phi) is 2.16. The number of ketones is 2. The van der Waals surface area contributed by atoms with Crippen LogP contribution in [0.25, 0.3) is 10.9 Å². The highest BCUT2D eigenvalue weighted by Gasteiger charge is 2.30. The van der Waals surface area contributed by atoms with Crippen LogP contribution in [0.4, 0.5) is 5.69 Å². The van der Waals surface area contributed by atoms with E-state index < -0.39 is 42.9 Å². The molecule has 1 fully saturated rings. The summed E-state index contributed by atoms with van der Waals surface area (Å²) in [5.41, 5.74) is 4.99. The summed E-state index contributed by atoms with van der Waals surface area (Å²) >= 11 is 0. The van der Waals surface area contributed by atoms with Crippen LogP contribution >= 0.6 is 0 Å². The fourth-order valence-electron chi connectivity index (χ4n) is 2.51. The van der Waals surface area contributed by atoms with Crippen molar-refractivity contribution >= 4 is 28.2 Å². The van der Waals surface area contributed by atoms with E-state index in [0.717, 1.165) is 4.57 Å². The molecule has 2 aromatic rings. The summed E-state index contributed by atoms with van der Waals surface area (Å²) in [6.45, 7) is -0.401. The highest BCUT2D eigenvalue weighted by atomic mass is 16.2. The van der Waals surface area contributed by atoms with Crippen molar-refractivity contribution < 1.29 is 15.1 Å². The Morgan fingerprint density at radius 1 is 1.52 bits per heavy atom. The number of anilines is 1. The van der Waals surface area contributed by atoms with Crippen molar-refractivity contribution in [2.24, 2.45) is 0 Å². The van der Waals surface area contributed by atoms with Crippen LogP contribution < -0.4 is 11.3 Å². The van der Waals surface area contributed by atoms with Crippen molar-refractivity contribution in [3.8, 4) is 0 Å². The van der Waals surface area contributed by atoms with E-state index in [0.29, 0.717) is 0 Å². The molecule has 0 amide bonds. The molecule has 108 valence electrons. The number of nitrogens with zero attached hydrogens (tertiary/aromatic N) is 2. The van der Waals surface area contributed by atoms with Gasteiger partial charge in [-0.2, -0.15) is 0 Å². The zero-order valence-electron chi connectivity index (χ0n) is 15.0. The van der Waals surface area contributed by atoms with Crippen molar-refractivity contribution in [3.63, 3.8) is 0 Å². The molecule has 1 aliphatic carbocycles. The number of rotatable bonds is 1. The molecule has 1 saturated carbocycles. The van der Waals surface area contributed by atoms with Crippen molar-refractivity contribution in [2.45, 2.75) is 32.2 Å². The maximum atomic E-state index is 12.9. The molecule has 21 heavy (non-hydrogen) atoms. The van der Waals surface area contributed by atoms with Gasteiger partial charge in [0.05, 0.1) is 26.1 Å². The molecule has 2 N–H and O–H groups in total. The van der Waals surface area contributed by atoms with Crippen LogP contribution in [0.15, 0.2) is 22.9 Å². The van der Waals surface area contributed by atoms with E-state index in [1.807, 2.05) is 0 Å². The summed E-state index contributed by atoms with van der Waals surface area (Å²) in [6, 6.07) is -0.358. The van der Waals surface area contributed by atoms with E-state index in [9.17, 15) is 14.4 Å². The minimum atomic E-state index is -1.12. The lowest BCUT2D eigenvalue weighted by molar-refractivity contribution is -0.132. The Bertz CT molecular complexity index is 973. The summed E-state index contributed by atoms with van der Waals surface area (Å²) in [5.74, 6) is -1.01. The van der Waals surface area contributed by atoms with E-state index in [4.69, 9.17) is 11.2 Å². The Morgan fingerprint density at radius 3 is 3.10 bits per heavy atom. The number of carbonyl (C=O) groups excluding carboxylic acids is 2. The van der Waals surface area contributed by atoms with Crippen LogP contribution in [0.3, 0.4) is 0 Å². The van der Waals surface area contributed by atoms with Crippen LogP contribution in [0.5, 0.6) is 0 Å². The number of nitrogens with two attached hydrogens (primary N) is 1. The van der Waals surface area contributed by atoms with Gasteiger partial charge in [0.25, 0.3) is 5.56 Å². The van der Waals surface area contributed by atoms with Crippen molar-refractivity contribution in [1.29, 1.82) is 0 Å². The Hall–Kier alpha value is -2.50. The first-order valence-electron chi connectivity index (χ1n) is 8.62. The second-order valence-electron chi connectivity index (χ2n) is 4.86. The Balaban J connectivity index is 2.31. The molecule has 1 heterocycles. The SMILES string of the molecule is [2H]Cc1nc2cc([2H])c([2H])c(N)c2c(=O)n1C1CC([2H])C(=O)CC1=O. The van der Waals surface area contributed by atoms with E-state index in [1.165, 1.54) is 6.07 Å². The number of hydrogen-bond donors (Lipinski definition) is 1. The smallest absolute Gasteiger partial charge is 0.264 e. The fraction of sp³-hybridized carbons (Fsp3) is 0.333. The minimum absolute atomic E-state index is 0.00562. The summed E-state index contributed by atoms with van der Waals surface area (Å²) in [5, 5.41) is -0.0931. The second-order valence-corrected chi connectivity index (χ2v) is 4.86. The fourth-order valence-corrected chi connectivity index (χ4v) is 2.51. The van der Waals surface area contributed by atoms with Gasteiger partial charge in [-0.1, -0.05) is 6.04 Å². The van der Waals surface area contributed by atoms with Gasteiger partial charge in [-0.3, -0.25) is 19.0 Å². The molecule has 2 atom stereocenters. The first kappa shape index (κ1) is 9.44. The summed E-state index contributed by atoms with van der Waals surface area (Å²) in [4.78, 5) is 40.9. The Morgan fingerprint density at radius 2 is 2.33 bits per heavy atom. The molecule has 0 radical (unpaired) electrons. The molecular weight excluding hydrogens is 270 g/mol. The van der Waals surface area contributed by atoms with Crippen LogP contribution in [0, 0.1) is 6.90 Å². The molecule has 1 aromatic heterocycles. The number of carbonyl (C=O) groups is 2. The van der Waals surface area contributed by atoms with Crippen molar-refractivity contribution in [1.82, 2.24) is 9.55 Å². The number of aryl methyl sites for hydroxylation is 1. The van der Waals surface area contributed by atoms with Gasteiger partial charge in [-0.15, -0.1) is 0 Å². The third-order valence-electron chi connectivity index (χ3n) is 3.50. The molecule has 2 unspecified atom stereocenters. The molecule has 0 spiro atoms. The van der Waals surface area contributed by atoms with Gasteiger partial charge in [-0.05, 0) is 25.4 Å². The number of hydrogen-bond acceptors (Lipinski definition) is 5. The predicted molar refractivity (Wildman–Crippen MR) is 78.1 cm³/mol. The lowest BCUT2D eigenvalue weighted by Gasteiger charge is -2.24. The van der Waals surface area contributed by atoms with Crippen LogP contribution in [-0.4, -0.2) is 21.1 Å². The van der Waals surface area contributed by atoms with Crippen molar-refractivity contribution in [2.75, 3.05) is 5.73 Å². The van der Waals surface area contributed by atoms with Crippen LogP contribution in [0.2, 0.25) is 0 Å². The molecule has 3 rings (SSSR count). The number of nitrogen functional groups attached to an aromatic ring is 1. The largest absolute Gasteiger partial charge is 0.398 e. The predicted octanol–water partition coefficient (Wildman–Crippen LogP) is 1.15. The zero-order chi connectivity index (χ0) is 18.5. The monoisotopic (exact) mass is 289 g/mol. The number of Topliss-reactive ketones (excluding diaryl/α,β-unsaturated/α-hetero) is 2. The molecule has 6 nitrogen and oxygen atoms in total. The average molecular weight is 289 g/mol. The molecule has 1 aliphatic rings. The lowest BCUT2D eigenvalue weighted by atomic mass is 9.92. The van der Waals surface area contributed by atoms with Gasteiger partial charge in [0.15, 0.2) is 5.78 Å². The number of aromatic nitrogens is 2. The van der Waals surface area contributed by atoms with Gasteiger partial charge < -0.3 is 5.73 Å². The highest BCUT2D eigenvalue weighted by molar-refractivity contribution is 6.03. The van der Waals surface area contributed by atoms with E-state index >= 15 is 0 Å². The first-order valence-corrected chi connectivity index (χ1v) is 6.34. The number of fused-ring (bicyclic) bond motifs is 1. The van der Waals surface area contributed by atoms with Gasteiger partial charge >= 0.3 is 0 Å². The number of benzene rings is 1. The molecule has 1 aromatic carbocycles. The first-order chi connectivity index (χ1) is 11.8. The minimum Gasteiger partial charge on any atom is -0.398 e. The highest BCUT2D eigenvalue weighted by Crippen LogP contribution is 2.24. The molecule has 0 bridgehead atoms. The maximum Gasteiger partial charge on any atom is 0.264 e. The molecule has 6 heteroatoms. The quantitative estimate of drug-likeness (QED) is 0.627. The van der Waals surface area contributed by atoms with E-state index in [2.05, 4.69) is 4.98 Å². The van der Waals surface area contributed by atoms with Crippen LogP contribution in [0.1, 0.15) is 36.6 Å². The van der Waals surface area contributed by atoms with Gasteiger partial charge in [0, 0.05) is 14.8 Å². The third-order valence-corrected chi connectivity index (χ3v) is 3.50. The summed E-state index contributed by atoms with van der Waals surface area (Å²) in [6.07, 6.45) is -1.73. The standard InChI is InChI=1S/C15H15N3O3/c1-8-17-11-4-2-3-10(16)14(11)15(21)18(8)12-6-5-9(19)7-13(12)20/h2-4,12H,5-7,16H2,1H3/i1D,2D,3D,5D. The Labute approximate surface area is 126 Å².